The normalized spacial score (nSPS) is 23.2. The number of aliphatic carboxylic acids is 1. The standard InChI is InChI=1S/C19H25N3O4/c1-19(17(24)25)8-10-22(13-19)18(26)20-15-6-4-5-14(11-15)12-21-9-3-2-7-16(21)23/h4-6,11H,2-3,7-10,12-13H2,1H3,(H,20,26)(H,24,25). The Bertz CT molecular complexity index is 720. The number of hydrogen-bond donors (Lipinski definition) is 2. The van der Waals surface area contributed by atoms with E-state index < -0.39 is 11.4 Å². The molecule has 26 heavy (non-hydrogen) atoms. The fraction of sp³-hybridized carbons (Fsp3) is 0.526. The molecule has 7 nitrogen and oxygen atoms in total. The number of carbonyl (C=O) groups excluding carboxylic acids is 2. The lowest BCUT2D eigenvalue weighted by atomic mass is 9.90. The van der Waals surface area contributed by atoms with Gasteiger partial charge in [-0.15, -0.1) is 0 Å². The Kier molecular flexibility index (Phi) is 5.15. The molecule has 140 valence electrons. The molecular formula is C19H25N3O4. The molecule has 3 amide bonds. The molecule has 2 aliphatic heterocycles. The van der Waals surface area contributed by atoms with E-state index in [1.807, 2.05) is 23.1 Å². The molecule has 3 rings (SSSR count). The van der Waals surface area contributed by atoms with Crippen molar-refractivity contribution < 1.29 is 19.5 Å². The zero-order chi connectivity index (χ0) is 18.7. The van der Waals surface area contributed by atoms with Gasteiger partial charge in [0.2, 0.25) is 5.91 Å². The van der Waals surface area contributed by atoms with Gasteiger partial charge in [0, 0.05) is 38.3 Å². The molecule has 2 heterocycles. The Hall–Kier alpha value is -2.57. The van der Waals surface area contributed by atoms with E-state index in [-0.39, 0.29) is 18.5 Å². The number of amides is 3. The van der Waals surface area contributed by atoms with Crippen molar-refractivity contribution in [3.05, 3.63) is 29.8 Å². The summed E-state index contributed by atoms with van der Waals surface area (Å²) in [4.78, 5) is 39.1. The number of anilines is 1. The monoisotopic (exact) mass is 359 g/mol. The molecule has 0 bridgehead atoms. The van der Waals surface area contributed by atoms with Crippen LogP contribution in [0.2, 0.25) is 0 Å². The van der Waals surface area contributed by atoms with Gasteiger partial charge in [0.05, 0.1) is 5.41 Å². The van der Waals surface area contributed by atoms with Crippen molar-refractivity contribution in [1.82, 2.24) is 9.80 Å². The summed E-state index contributed by atoms with van der Waals surface area (Å²) in [5.74, 6) is -0.697. The van der Waals surface area contributed by atoms with E-state index in [9.17, 15) is 19.5 Å². The molecule has 2 saturated heterocycles. The highest BCUT2D eigenvalue weighted by molar-refractivity contribution is 5.90. The van der Waals surface area contributed by atoms with Crippen LogP contribution in [0.1, 0.15) is 38.2 Å². The molecule has 1 atom stereocenters. The van der Waals surface area contributed by atoms with Gasteiger partial charge in [0.15, 0.2) is 0 Å². The van der Waals surface area contributed by atoms with Crippen LogP contribution in [0.15, 0.2) is 24.3 Å². The van der Waals surface area contributed by atoms with Crippen molar-refractivity contribution in [2.75, 3.05) is 25.0 Å². The summed E-state index contributed by atoms with van der Waals surface area (Å²) in [5, 5.41) is 12.1. The van der Waals surface area contributed by atoms with Crippen LogP contribution >= 0.6 is 0 Å². The second-order valence-electron chi connectivity index (χ2n) is 7.44. The van der Waals surface area contributed by atoms with E-state index >= 15 is 0 Å². The van der Waals surface area contributed by atoms with Crippen LogP contribution < -0.4 is 5.32 Å². The van der Waals surface area contributed by atoms with Crippen LogP contribution in [-0.4, -0.2) is 52.4 Å². The maximum Gasteiger partial charge on any atom is 0.321 e. The van der Waals surface area contributed by atoms with Crippen LogP contribution in [0.5, 0.6) is 0 Å². The molecule has 0 saturated carbocycles. The number of urea groups is 1. The molecule has 1 aromatic rings. The zero-order valence-corrected chi connectivity index (χ0v) is 15.0. The summed E-state index contributed by atoms with van der Waals surface area (Å²) in [7, 11) is 0. The summed E-state index contributed by atoms with van der Waals surface area (Å²) in [6.07, 6.45) is 3.04. The predicted octanol–water partition coefficient (Wildman–Crippen LogP) is 2.53. The second-order valence-corrected chi connectivity index (χ2v) is 7.44. The van der Waals surface area contributed by atoms with E-state index in [0.29, 0.717) is 31.6 Å². The maximum atomic E-state index is 12.4. The van der Waals surface area contributed by atoms with Crippen LogP contribution in [0, 0.1) is 5.41 Å². The first-order valence-corrected chi connectivity index (χ1v) is 9.03. The largest absolute Gasteiger partial charge is 0.481 e. The van der Waals surface area contributed by atoms with E-state index in [1.54, 1.807) is 13.0 Å². The minimum Gasteiger partial charge on any atom is -0.481 e. The number of rotatable bonds is 4. The van der Waals surface area contributed by atoms with Gasteiger partial charge >= 0.3 is 12.0 Å². The van der Waals surface area contributed by atoms with Crippen molar-refractivity contribution in [2.24, 2.45) is 5.41 Å². The minimum atomic E-state index is -0.881. The van der Waals surface area contributed by atoms with E-state index in [0.717, 1.165) is 24.9 Å². The number of carboxylic acids is 1. The number of carboxylic acid groups (broad SMARTS) is 1. The average molecular weight is 359 g/mol. The maximum absolute atomic E-state index is 12.4. The van der Waals surface area contributed by atoms with Crippen molar-refractivity contribution in [2.45, 2.75) is 39.2 Å². The molecule has 0 aromatic heterocycles. The fourth-order valence-electron chi connectivity index (χ4n) is 3.51. The van der Waals surface area contributed by atoms with Gasteiger partial charge in [-0.1, -0.05) is 12.1 Å². The first-order valence-electron chi connectivity index (χ1n) is 9.03. The Morgan fingerprint density at radius 2 is 2.08 bits per heavy atom. The Balaban J connectivity index is 1.61. The molecule has 0 radical (unpaired) electrons. The van der Waals surface area contributed by atoms with E-state index in [2.05, 4.69) is 5.32 Å². The fourth-order valence-corrected chi connectivity index (χ4v) is 3.51. The van der Waals surface area contributed by atoms with Crippen molar-refractivity contribution in [1.29, 1.82) is 0 Å². The SMILES string of the molecule is CC1(C(=O)O)CCN(C(=O)Nc2cccc(CN3CCCCC3=O)c2)C1. The first kappa shape index (κ1) is 18.2. The average Bonchev–Trinajstić information content (AvgIpc) is 3.01. The quantitative estimate of drug-likeness (QED) is 0.864. The number of piperidine rings is 1. The van der Waals surface area contributed by atoms with Crippen molar-refractivity contribution in [3.63, 3.8) is 0 Å². The number of likely N-dealkylation sites (tertiary alicyclic amines) is 2. The summed E-state index contributed by atoms with van der Waals surface area (Å²) in [6.45, 7) is 3.62. The highest BCUT2D eigenvalue weighted by Gasteiger charge is 2.42. The smallest absolute Gasteiger partial charge is 0.321 e. The molecule has 2 aliphatic rings. The second kappa shape index (κ2) is 7.35. The van der Waals surface area contributed by atoms with Crippen molar-refractivity contribution in [3.8, 4) is 0 Å². The molecule has 1 aromatic carbocycles. The zero-order valence-electron chi connectivity index (χ0n) is 15.0. The Labute approximate surface area is 153 Å². The lowest BCUT2D eigenvalue weighted by molar-refractivity contribution is -0.147. The molecule has 7 heteroatoms. The number of benzene rings is 1. The number of nitrogens with one attached hydrogen (secondary N) is 1. The molecule has 1 unspecified atom stereocenters. The molecule has 0 aliphatic carbocycles. The minimum absolute atomic E-state index is 0.177. The molecule has 2 N–H and O–H groups in total. The summed E-state index contributed by atoms with van der Waals surface area (Å²) in [6, 6.07) is 7.17. The van der Waals surface area contributed by atoms with Gasteiger partial charge in [-0.25, -0.2) is 4.79 Å². The van der Waals surface area contributed by atoms with E-state index in [1.165, 1.54) is 4.90 Å². The summed E-state index contributed by atoms with van der Waals surface area (Å²) < 4.78 is 0. The van der Waals surface area contributed by atoms with Crippen LogP contribution in [0.25, 0.3) is 0 Å². The summed E-state index contributed by atoms with van der Waals surface area (Å²) in [5.41, 5.74) is 0.740. The van der Waals surface area contributed by atoms with Gasteiger partial charge in [-0.05, 0) is 43.9 Å². The highest BCUT2D eigenvalue weighted by atomic mass is 16.4. The highest BCUT2D eigenvalue weighted by Crippen LogP contribution is 2.30. The third-order valence-corrected chi connectivity index (χ3v) is 5.25. The lowest BCUT2D eigenvalue weighted by Gasteiger charge is -2.27. The van der Waals surface area contributed by atoms with Crippen LogP contribution in [0.4, 0.5) is 10.5 Å². The number of nitrogens with zero attached hydrogens (tertiary/aromatic N) is 2. The number of hydrogen-bond acceptors (Lipinski definition) is 3. The predicted molar refractivity (Wildman–Crippen MR) is 96.7 cm³/mol. The van der Waals surface area contributed by atoms with Gasteiger partial charge in [-0.3, -0.25) is 9.59 Å². The first-order chi connectivity index (χ1) is 12.4. The summed E-state index contributed by atoms with van der Waals surface area (Å²) >= 11 is 0. The van der Waals surface area contributed by atoms with Gasteiger partial charge in [-0.2, -0.15) is 0 Å². The molecular weight excluding hydrogens is 334 g/mol. The number of carbonyl (C=O) groups is 3. The van der Waals surface area contributed by atoms with Gasteiger partial charge < -0.3 is 20.2 Å². The third kappa shape index (κ3) is 3.98. The van der Waals surface area contributed by atoms with E-state index in [4.69, 9.17) is 0 Å². The van der Waals surface area contributed by atoms with Crippen LogP contribution in [-0.2, 0) is 16.1 Å². The van der Waals surface area contributed by atoms with Crippen molar-refractivity contribution >= 4 is 23.6 Å². The Morgan fingerprint density at radius 3 is 2.77 bits per heavy atom. The van der Waals surface area contributed by atoms with Gasteiger partial charge in [0.1, 0.15) is 0 Å². The molecule has 2 fully saturated rings. The Morgan fingerprint density at radius 1 is 1.27 bits per heavy atom. The lowest BCUT2D eigenvalue weighted by Crippen LogP contribution is -2.37. The third-order valence-electron chi connectivity index (χ3n) is 5.25. The molecule has 0 spiro atoms. The van der Waals surface area contributed by atoms with Crippen LogP contribution in [0.3, 0.4) is 0 Å². The van der Waals surface area contributed by atoms with Gasteiger partial charge in [0.25, 0.3) is 0 Å². The topological polar surface area (TPSA) is 89.9 Å².